The predicted molar refractivity (Wildman–Crippen MR) is 79.8 cm³/mol. The third-order valence-electron chi connectivity index (χ3n) is 3.04. The maximum absolute atomic E-state index is 12.1. The second-order valence-electron chi connectivity index (χ2n) is 4.37. The first-order valence-electron chi connectivity index (χ1n) is 5.53. The lowest BCUT2D eigenvalue weighted by molar-refractivity contribution is 0.538. The molecule has 6 heteroatoms. The van der Waals surface area contributed by atoms with Gasteiger partial charge in [0.1, 0.15) is 0 Å². The first kappa shape index (κ1) is 14.0. The van der Waals surface area contributed by atoms with Crippen molar-refractivity contribution in [1.29, 1.82) is 0 Å². The maximum Gasteiger partial charge on any atom is 0.154 e. The Morgan fingerprint density at radius 2 is 2.18 bits per heavy atom. The van der Waals surface area contributed by atoms with Gasteiger partial charge in [0, 0.05) is 14.2 Å². The fraction of sp³-hybridized carbons (Fsp3) is 0.636. The Bertz CT molecular complexity index is 508. The zero-order valence-corrected chi connectivity index (χ0v) is 14.3. The molecule has 0 aromatic carbocycles. The van der Waals surface area contributed by atoms with E-state index in [2.05, 4.69) is 31.9 Å². The van der Waals surface area contributed by atoms with Gasteiger partial charge in [-0.3, -0.25) is 0 Å². The van der Waals surface area contributed by atoms with Gasteiger partial charge >= 0.3 is 0 Å². The molecular formula is C11H14Br2O2S2. The van der Waals surface area contributed by atoms with Crippen LogP contribution < -0.4 is 0 Å². The van der Waals surface area contributed by atoms with Gasteiger partial charge in [0.15, 0.2) is 9.84 Å². The molecule has 1 aliphatic rings. The Morgan fingerprint density at radius 3 is 2.71 bits per heavy atom. The van der Waals surface area contributed by atoms with Gasteiger partial charge in [-0.2, -0.15) is 0 Å². The lowest BCUT2D eigenvalue weighted by Gasteiger charge is -2.26. The summed E-state index contributed by atoms with van der Waals surface area (Å²) in [6, 6.07) is 2.05. The molecule has 2 rings (SSSR count). The molecule has 2 nitrogen and oxygen atoms in total. The van der Waals surface area contributed by atoms with Crippen LogP contribution in [0, 0.1) is 6.92 Å². The van der Waals surface area contributed by atoms with E-state index in [1.165, 1.54) is 4.88 Å². The second kappa shape index (κ2) is 5.31. The molecule has 0 aliphatic carbocycles. The molecule has 1 aromatic heterocycles. The average Bonchev–Trinajstić information content (AvgIpc) is 2.56. The third kappa shape index (κ3) is 2.96. The van der Waals surface area contributed by atoms with Crippen LogP contribution in [0.4, 0.5) is 0 Å². The molecule has 0 amide bonds. The normalized spacial score (nSPS) is 25.7. The van der Waals surface area contributed by atoms with Crippen LogP contribution in [0.25, 0.3) is 0 Å². The summed E-state index contributed by atoms with van der Waals surface area (Å²) in [6.07, 6.45) is 2.58. The third-order valence-corrected chi connectivity index (χ3v) is 9.13. The zero-order valence-electron chi connectivity index (χ0n) is 9.45. The molecule has 1 aromatic rings. The van der Waals surface area contributed by atoms with Gasteiger partial charge in [0.25, 0.3) is 0 Å². The van der Waals surface area contributed by atoms with E-state index in [0.717, 1.165) is 28.6 Å². The molecule has 2 atom stereocenters. The highest BCUT2D eigenvalue weighted by Gasteiger charge is 2.36. The van der Waals surface area contributed by atoms with Crippen LogP contribution in [0.15, 0.2) is 10.5 Å². The molecule has 0 N–H and O–H groups in total. The van der Waals surface area contributed by atoms with E-state index < -0.39 is 9.84 Å². The number of hydrogen-bond acceptors (Lipinski definition) is 3. The lowest BCUT2D eigenvalue weighted by atomic mass is 10.1. The lowest BCUT2D eigenvalue weighted by Crippen LogP contribution is -2.31. The van der Waals surface area contributed by atoms with Crippen LogP contribution in [-0.4, -0.2) is 19.4 Å². The fourth-order valence-electron chi connectivity index (χ4n) is 2.17. The number of alkyl halides is 1. The Kier molecular flexibility index (Phi) is 4.38. The van der Waals surface area contributed by atoms with Crippen LogP contribution in [-0.2, 0) is 9.84 Å². The van der Waals surface area contributed by atoms with Crippen LogP contribution in [0.2, 0.25) is 0 Å². The Balaban J connectivity index is 2.31. The van der Waals surface area contributed by atoms with Gasteiger partial charge in [-0.1, -0.05) is 22.4 Å². The monoisotopic (exact) mass is 400 g/mol. The average molecular weight is 402 g/mol. The van der Waals surface area contributed by atoms with Crippen LogP contribution in [0.1, 0.15) is 33.8 Å². The van der Waals surface area contributed by atoms with Gasteiger partial charge < -0.3 is 0 Å². The Hall–Kier alpha value is 0.610. The van der Waals surface area contributed by atoms with Gasteiger partial charge in [0.05, 0.1) is 15.8 Å². The van der Waals surface area contributed by atoms with Gasteiger partial charge in [-0.05, 0) is 41.8 Å². The van der Waals surface area contributed by atoms with E-state index in [4.69, 9.17) is 0 Å². The Labute approximate surface area is 123 Å². The van der Waals surface area contributed by atoms with E-state index in [1.54, 1.807) is 11.3 Å². The zero-order chi connectivity index (χ0) is 12.6. The molecule has 2 heterocycles. The summed E-state index contributed by atoms with van der Waals surface area (Å²) >= 11 is 8.75. The summed E-state index contributed by atoms with van der Waals surface area (Å²) < 4.78 is 25.2. The Morgan fingerprint density at radius 1 is 1.47 bits per heavy atom. The molecule has 1 fully saturated rings. The summed E-state index contributed by atoms with van der Waals surface area (Å²) in [4.78, 5) is 2.21. The molecule has 0 radical (unpaired) electrons. The quantitative estimate of drug-likeness (QED) is 0.695. The molecule has 0 saturated carbocycles. The minimum Gasteiger partial charge on any atom is -0.228 e. The molecule has 2 unspecified atom stereocenters. The van der Waals surface area contributed by atoms with Crippen LogP contribution >= 0.6 is 43.2 Å². The van der Waals surface area contributed by atoms with Crippen molar-refractivity contribution in [1.82, 2.24) is 0 Å². The highest BCUT2D eigenvalue weighted by Crippen LogP contribution is 2.43. The fourth-order valence-corrected chi connectivity index (χ4v) is 8.21. The van der Waals surface area contributed by atoms with Crippen molar-refractivity contribution in [2.45, 2.75) is 36.3 Å². The second-order valence-corrected chi connectivity index (χ2v) is 9.84. The van der Waals surface area contributed by atoms with Crippen LogP contribution in [0.5, 0.6) is 0 Å². The molecule has 17 heavy (non-hydrogen) atoms. The standard InChI is InChI=1S/C11H14Br2O2S2/c1-7-6-8(12)11(16-7)10(13)9-4-2-3-5-17(9,14)15/h6,9-10H,2-5H2,1H3. The number of hydrogen-bond donors (Lipinski definition) is 0. The number of thiophene rings is 1. The summed E-state index contributed by atoms with van der Waals surface area (Å²) in [6.45, 7) is 2.04. The largest absolute Gasteiger partial charge is 0.228 e. The van der Waals surface area contributed by atoms with E-state index in [1.807, 2.05) is 13.0 Å². The van der Waals surface area contributed by atoms with E-state index >= 15 is 0 Å². The number of aryl methyl sites for hydroxylation is 1. The van der Waals surface area contributed by atoms with Gasteiger partial charge in [0.2, 0.25) is 0 Å². The first-order valence-corrected chi connectivity index (χ1v) is 9.77. The van der Waals surface area contributed by atoms with Crippen molar-refractivity contribution >= 4 is 53.0 Å². The topological polar surface area (TPSA) is 34.1 Å². The number of rotatable bonds is 2. The van der Waals surface area contributed by atoms with Crippen molar-refractivity contribution in [3.05, 3.63) is 20.3 Å². The van der Waals surface area contributed by atoms with E-state index in [0.29, 0.717) is 5.75 Å². The SMILES string of the molecule is Cc1cc(Br)c(C(Br)C2CCCCS2(=O)=O)s1. The summed E-state index contributed by atoms with van der Waals surface area (Å²) in [5, 5.41) is -0.273. The highest BCUT2D eigenvalue weighted by molar-refractivity contribution is 9.11. The van der Waals surface area contributed by atoms with Crippen molar-refractivity contribution < 1.29 is 8.42 Å². The van der Waals surface area contributed by atoms with Gasteiger partial charge in [-0.15, -0.1) is 11.3 Å². The maximum atomic E-state index is 12.1. The van der Waals surface area contributed by atoms with E-state index in [9.17, 15) is 8.42 Å². The smallest absolute Gasteiger partial charge is 0.154 e. The molecule has 96 valence electrons. The van der Waals surface area contributed by atoms with Crippen molar-refractivity contribution in [3.63, 3.8) is 0 Å². The molecule has 0 bridgehead atoms. The molecule has 1 aliphatic heterocycles. The van der Waals surface area contributed by atoms with Crippen molar-refractivity contribution in [3.8, 4) is 0 Å². The van der Waals surface area contributed by atoms with Crippen molar-refractivity contribution in [2.75, 3.05) is 5.75 Å². The molecular weight excluding hydrogens is 388 g/mol. The summed E-state index contributed by atoms with van der Waals surface area (Å²) in [5.41, 5.74) is 0. The molecule has 1 saturated heterocycles. The van der Waals surface area contributed by atoms with Crippen LogP contribution in [0.3, 0.4) is 0 Å². The minimum atomic E-state index is -2.94. The van der Waals surface area contributed by atoms with Gasteiger partial charge in [-0.25, -0.2) is 8.42 Å². The number of halogens is 2. The molecule has 0 spiro atoms. The number of sulfone groups is 1. The van der Waals surface area contributed by atoms with Crippen molar-refractivity contribution in [2.24, 2.45) is 0 Å². The minimum absolute atomic E-state index is 0.0825. The summed E-state index contributed by atoms with van der Waals surface area (Å²) in [7, 11) is -2.94. The first-order chi connectivity index (χ1) is 7.92. The predicted octanol–water partition coefficient (Wildman–Crippen LogP) is 4.22. The summed E-state index contributed by atoms with van der Waals surface area (Å²) in [5.74, 6) is 0.335. The van der Waals surface area contributed by atoms with E-state index in [-0.39, 0.29) is 10.1 Å². The highest BCUT2D eigenvalue weighted by atomic mass is 79.9.